The molecule has 0 aromatic rings. The van der Waals surface area contributed by atoms with Crippen LogP contribution in [0.25, 0.3) is 0 Å². The van der Waals surface area contributed by atoms with Crippen LogP contribution in [0.5, 0.6) is 0 Å². The Labute approximate surface area is 89.6 Å². The van der Waals surface area contributed by atoms with Crippen LogP contribution in [0, 0.1) is 5.92 Å². The number of Topliss-reactive ketones (excluding diaryl/α,β-unsaturated/α-hetero) is 1. The maximum Gasteiger partial charge on any atom is 0.154 e. The molecular weight excluding hydrogens is 220 g/mol. The maximum absolute atomic E-state index is 11.3. The Hall–Kier alpha value is -0.0300. The van der Waals surface area contributed by atoms with E-state index in [4.69, 9.17) is 0 Å². The molecule has 0 bridgehead atoms. The van der Waals surface area contributed by atoms with E-state index in [2.05, 4.69) is 0 Å². The summed E-state index contributed by atoms with van der Waals surface area (Å²) < 4.78 is 21.7. The molecule has 1 fully saturated rings. The fourth-order valence-corrected chi connectivity index (χ4v) is 3.53. The first-order valence-electron chi connectivity index (χ1n) is 4.74. The van der Waals surface area contributed by atoms with Crippen LogP contribution in [0.2, 0.25) is 0 Å². The first-order chi connectivity index (χ1) is 6.47. The summed E-state index contributed by atoms with van der Waals surface area (Å²) in [6.07, 6.45) is 3.68. The molecule has 82 valence electrons. The predicted octanol–water partition coefficient (Wildman–Crippen LogP) is 1.13. The summed E-state index contributed by atoms with van der Waals surface area (Å²) in [6.45, 7) is 0. The lowest BCUT2D eigenvalue weighted by molar-refractivity contribution is -0.117. The highest BCUT2D eigenvalue weighted by atomic mass is 32.2. The zero-order chi connectivity index (χ0) is 10.6. The highest BCUT2D eigenvalue weighted by Crippen LogP contribution is 2.25. The number of carbonyl (C=O) groups excluding carboxylic acids is 1. The van der Waals surface area contributed by atoms with Gasteiger partial charge in [0.1, 0.15) is 11.5 Å². The molecular formula is C9H16O3S2. The minimum absolute atomic E-state index is 0.121. The first kappa shape index (κ1) is 12.0. The molecule has 0 amide bonds. The van der Waals surface area contributed by atoms with Crippen molar-refractivity contribution in [1.29, 1.82) is 0 Å². The lowest BCUT2D eigenvalue weighted by Crippen LogP contribution is -2.20. The van der Waals surface area contributed by atoms with E-state index in [9.17, 15) is 13.2 Å². The summed E-state index contributed by atoms with van der Waals surface area (Å²) in [5, 5.41) is 0. The molecule has 0 atom stereocenters. The number of sulfone groups is 1. The van der Waals surface area contributed by atoms with Crippen LogP contribution in [0.4, 0.5) is 0 Å². The fraction of sp³-hybridized carbons (Fsp3) is 0.889. The average molecular weight is 236 g/mol. The molecule has 0 saturated carbocycles. The van der Waals surface area contributed by atoms with Gasteiger partial charge in [-0.1, -0.05) is 0 Å². The standard InChI is InChI=1S/C9H16O3S2/c1-14(11,12)7-9(10)6-8-2-4-13-5-3-8/h8H,2-7H2,1H3. The number of hydrogen-bond acceptors (Lipinski definition) is 4. The zero-order valence-electron chi connectivity index (χ0n) is 8.36. The van der Waals surface area contributed by atoms with E-state index in [1.807, 2.05) is 11.8 Å². The lowest BCUT2D eigenvalue weighted by Gasteiger charge is -2.20. The summed E-state index contributed by atoms with van der Waals surface area (Å²) in [5.74, 6) is 2.24. The third-order valence-electron chi connectivity index (χ3n) is 2.28. The summed E-state index contributed by atoms with van der Waals surface area (Å²) >= 11 is 1.91. The van der Waals surface area contributed by atoms with Gasteiger partial charge in [-0.3, -0.25) is 4.79 Å². The Morgan fingerprint density at radius 2 is 1.93 bits per heavy atom. The molecule has 5 heteroatoms. The van der Waals surface area contributed by atoms with Gasteiger partial charge in [0, 0.05) is 12.7 Å². The number of thioether (sulfide) groups is 1. The van der Waals surface area contributed by atoms with Crippen LogP contribution in [0.1, 0.15) is 19.3 Å². The second-order valence-corrected chi connectivity index (χ2v) is 7.23. The molecule has 1 heterocycles. The molecule has 0 aromatic heterocycles. The van der Waals surface area contributed by atoms with Crippen molar-refractivity contribution < 1.29 is 13.2 Å². The van der Waals surface area contributed by atoms with Crippen LogP contribution >= 0.6 is 11.8 Å². The van der Waals surface area contributed by atoms with E-state index in [-0.39, 0.29) is 11.5 Å². The van der Waals surface area contributed by atoms with Crippen LogP contribution < -0.4 is 0 Å². The summed E-state index contributed by atoms with van der Waals surface area (Å²) in [5.41, 5.74) is 0. The van der Waals surface area contributed by atoms with Crippen molar-refractivity contribution in [2.75, 3.05) is 23.5 Å². The van der Waals surface area contributed by atoms with Crippen molar-refractivity contribution >= 4 is 27.4 Å². The largest absolute Gasteiger partial charge is 0.299 e. The molecule has 1 rings (SSSR count). The van der Waals surface area contributed by atoms with Crippen LogP contribution in [-0.4, -0.2) is 37.7 Å². The Morgan fingerprint density at radius 3 is 2.43 bits per heavy atom. The van der Waals surface area contributed by atoms with Crippen molar-refractivity contribution in [2.24, 2.45) is 5.92 Å². The molecule has 14 heavy (non-hydrogen) atoms. The number of ketones is 1. The minimum atomic E-state index is -3.13. The number of carbonyl (C=O) groups is 1. The van der Waals surface area contributed by atoms with Gasteiger partial charge in [-0.15, -0.1) is 0 Å². The van der Waals surface area contributed by atoms with Gasteiger partial charge in [0.15, 0.2) is 9.84 Å². The van der Waals surface area contributed by atoms with Gasteiger partial charge in [0.25, 0.3) is 0 Å². The van der Waals surface area contributed by atoms with Crippen molar-refractivity contribution in [1.82, 2.24) is 0 Å². The molecule has 0 N–H and O–H groups in total. The molecule has 0 aliphatic carbocycles. The van der Waals surface area contributed by atoms with E-state index in [1.54, 1.807) is 0 Å². The Bertz CT molecular complexity index is 289. The Morgan fingerprint density at radius 1 is 1.36 bits per heavy atom. The molecule has 1 aliphatic heterocycles. The van der Waals surface area contributed by atoms with Gasteiger partial charge >= 0.3 is 0 Å². The maximum atomic E-state index is 11.3. The summed E-state index contributed by atoms with van der Waals surface area (Å²) in [4.78, 5) is 11.3. The Balaban J connectivity index is 2.32. The van der Waals surface area contributed by atoms with Gasteiger partial charge in [0.05, 0.1) is 0 Å². The van der Waals surface area contributed by atoms with Crippen molar-refractivity contribution in [3.05, 3.63) is 0 Å². The van der Waals surface area contributed by atoms with E-state index in [0.717, 1.165) is 30.6 Å². The smallest absolute Gasteiger partial charge is 0.154 e. The van der Waals surface area contributed by atoms with Gasteiger partial charge in [0.2, 0.25) is 0 Å². The van der Waals surface area contributed by atoms with Crippen LogP contribution in [0.3, 0.4) is 0 Å². The third-order valence-corrected chi connectivity index (χ3v) is 4.18. The molecule has 1 aliphatic rings. The molecule has 0 aromatic carbocycles. The summed E-state index contributed by atoms with van der Waals surface area (Å²) in [6, 6.07) is 0. The minimum Gasteiger partial charge on any atom is -0.299 e. The molecule has 0 radical (unpaired) electrons. The molecule has 3 nitrogen and oxygen atoms in total. The number of rotatable bonds is 4. The quantitative estimate of drug-likeness (QED) is 0.734. The first-order valence-corrected chi connectivity index (χ1v) is 7.96. The predicted molar refractivity (Wildman–Crippen MR) is 59.4 cm³/mol. The molecule has 1 saturated heterocycles. The van der Waals surface area contributed by atoms with E-state index < -0.39 is 9.84 Å². The Kier molecular flexibility index (Phi) is 4.44. The lowest BCUT2D eigenvalue weighted by atomic mass is 9.97. The van der Waals surface area contributed by atoms with Crippen molar-refractivity contribution in [2.45, 2.75) is 19.3 Å². The van der Waals surface area contributed by atoms with E-state index >= 15 is 0 Å². The van der Waals surface area contributed by atoms with Crippen molar-refractivity contribution in [3.63, 3.8) is 0 Å². The zero-order valence-corrected chi connectivity index (χ0v) is 9.99. The highest BCUT2D eigenvalue weighted by molar-refractivity contribution is 7.99. The fourth-order valence-electron chi connectivity index (χ4n) is 1.62. The highest BCUT2D eigenvalue weighted by Gasteiger charge is 2.19. The van der Waals surface area contributed by atoms with E-state index in [1.165, 1.54) is 0 Å². The SMILES string of the molecule is CS(=O)(=O)CC(=O)CC1CCSCC1. The van der Waals surface area contributed by atoms with Gasteiger partial charge in [-0.25, -0.2) is 8.42 Å². The monoisotopic (exact) mass is 236 g/mol. The molecule has 0 spiro atoms. The van der Waals surface area contributed by atoms with Gasteiger partial charge < -0.3 is 0 Å². The van der Waals surface area contributed by atoms with Gasteiger partial charge in [-0.05, 0) is 30.3 Å². The van der Waals surface area contributed by atoms with Gasteiger partial charge in [-0.2, -0.15) is 11.8 Å². The molecule has 0 unspecified atom stereocenters. The second kappa shape index (κ2) is 5.16. The van der Waals surface area contributed by atoms with Crippen molar-refractivity contribution in [3.8, 4) is 0 Å². The van der Waals surface area contributed by atoms with Crippen LogP contribution in [0.15, 0.2) is 0 Å². The normalized spacial score (nSPS) is 19.5. The number of hydrogen-bond donors (Lipinski definition) is 0. The second-order valence-electron chi connectivity index (χ2n) is 3.87. The average Bonchev–Trinajstić information content (AvgIpc) is 2.02. The summed E-state index contributed by atoms with van der Waals surface area (Å²) in [7, 11) is -3.13. The topological polar surface area (TPSA) is 51.2 Å². The van der Waals surface area contributed by atoms with Crippen LogP contribution in [-0.2, 0) is 14.6 Å². The van der Waals surface area contributed by atoms with E-state index in [0.29, 0.717) is 12.3 Å². The third kappa shape index (κ3) is 5.00.